The van der Waals surface area contributed by atoms with Crippen LogP contribution < -0.4 is 0 Å². The van der Waals surface area contributed by atoms with Gasteiger partial charge in [-0.15, -0.1) is 0 Å². The van der Waals surface area contributed by atoms with Crippen LogP contribution in [-0.4, -0.2) is 46.2 Å². The highest BCUT2D eigenvalue weighted by Gasteiger charge is 2.65. The van der Waals surface area contributed by atoms with Gasteiger partial charge < -0.3 is 15.1 Å². The highest BCUT2D eigenvalue weighted by Crippen LogP contribution is 2.62. The molecule has 4 nitrogen and oxygen atoms in total. The zero-order chi connectivity index (χ0) is 14.1. The molecule has 2 saturated heterocycles. The van der Waals surface area contributed by atoms with Gasteiger partial charge in [0.2, 0.25) is 0 Å². The van der Waals surface area contributed by atoms with Crippen LogP contribution in [0.2, 0.25) is 0 Å². The number of carbonyl (C=O) groups excluding carboxylic acids is 1. The summed E-state index contributed by atoms with van der Waals surface area (Å²) in [5.74, 6) is 0.800. The minimum absolute atomic E-state index is 0.179. The smallest absolute Gasteiger partial charge is 0.137 e. The molecule has 1 saturated carbocycles. The fourth-order valence-electron chi connectivity index (χ4n) is 5.51. The molecule has 6 atom stereocenters. The molecule has 4 aliphatic rings. The molecule has 3 fully saturated rings. The molecule has 2 aliphatic heterocycles. The van der Waals surface area contributed by atoms with E-state index in [0.29, 0.717) is 25.3 Å². The van der Waals surface area contributed by atoms with E-state index >= 15 is 0 Å². The molecule has 4 heteroatoms. The Morgan fingerprint density at radius 3 is 2.95 bits per heavy atom. The zero-order valence-corrected chi connectivity index (χ0v) is 12.0. The lowest BCUT2D eigenvalue weighted by Crippen LogP contribution is -2.55. The lowest BCUT2D eigenvalue weighted by atomic mass is 9.58. The molecule has 0 amide bonds. The molecule has 20 heavy (non-hydrogen) atoms. The monoisotopic (exact) mass is 277 g/mol. The van der Waals surface area contributed by atoms with Crippen LogP contribution in [-0.2, 0) is 4.79 Å². The van der Waals surface area contributed by atoms with Gasteiger partial charge in [-0.2, -0.15) is 0 Å². The van der Waals surface area contributed by atoms with Gasteiger partial charge >= 0.3 is 0 Å². The van der Waals surface area contributed by atoms with Gasteiger partial charge in [-0.25, -0.2) is 0 Å². The SMILES string of the molecule is C[C@H]1C=C2N3CC[C@H](O)C24[C@H](CC(=O)[C@H]4C[C@H](O)C3)C1. The van der Waals surface area contributed by atoms with Crippen LogP contribution in [0.3, 0.4) is 0 Å². The van der Waals surface area contributed by atoms with E-state index in [1.807, 2.05) is 0 Å². The van der Waals surface area contributed by atoms with Crippen molar-refractivity contribution in [2.45, 2.75) is 44.8 Å². The Labute approximate surface area is 119 Å². The van der Waals surface area contributed by atoms with E-state index in [2.05, 4.69) is 17.9 Å². The third-order valence-corrected chi connectivity index (χ3v) is 6.13. The Bertz CT molecular complexity index is 488. The molecule has 0 aromatic heterocycles. The maximum absolute atomic E-state index is 12.5. The summed E-state index contributed by atoms with van der Waals surface area (Å²) in [5.41, 5.74) is 0.784. The van der Waals surface area contributed by atoms with E-state index in [1.165, 1.54) is 5.70 Å². The summed E-state index contributed by atoms with van der Waals surface area (Å²) >= 11 is 0. The molecule has 2 aliphatic carbocycles. The highest BCUT2D eigenvalue weighted by molar-refractivity contribution is 5.86. The topological polar surface area (TPSA) is 60.8 Å². The molecular formula is C16H23NO3. The number of rotatable bonds is 0. The van der Waals surface area contributed by atoms with Crippen LogP contribution >= 0.6 is 0 Å². The molecule has 1 unspecified atom stereocenters. The van der Waals surface area contributed by atoms with Crippen LogP contribution in [0.5, 0.6) is 0 Å². The Morgan fingerprint density at radius 1 is 1.35 bits per heavy atom. The van der Waals surface area contributed by atoms with E-state index in [0.717, 1.165) is 19.4 Å². The van der Waals surface area contributed by atoms with Gasteiger partial charge in [0, 0.05) is 36.5 Å². The van der Waals surface area contributed by atoms with Crippen molar-refractivity contribution < 1.29 is 15.0 Å². The number of piperidine rings is 1. The number of aliphatic hydroxyl groups is 2. The van der Waals surface area contributed by atoms with Crippen molar-refractivity contribution in [3.63, 3.8) is 0 Å². The number of hydrogen-bond acceptors (Lipinski definition) is 4. The highest BCUT2D eigenvalue weighted by atomic mass is 16.3. The molecule has 4 rings (SSSR count). The summed E-state index contributed by atoms with van der Waals surface area (Å²) in [4.78, 5) is 14.8. The summed E-state index contributed by atoms with van der Waals surface area (Å²) in [7, 11) is 0. The van der Waals surface area contributed by atoms with Gasteiger partial charge in [0.15, 0.2) is 0 Å². The molecular weight excluding hydrogens is 254 g/mol. The third kappa shape index (κ3) is 1.41. The second kappa shape index (κ2) is 4.08. The van der Waals surface area contributed by atoms with Crippen molar-refractivity contribution in [3.05, 3.63) is 11.8 Å². The minimum atomic E-state index is -0.452. The average Bonchev–Trinajstić information content (AvgIpc) is 2.59. The first kappa shape index (κ1) is 12.8. The average molecular weight is 277 g/mol. The first-order valence-electron chi connectivity index (χ1n) is 7.89. The van der Waals surface area contributed by atoms with E-state index in [4.69, 9.17) is 0 Å². The van der Waals surface area contributed by atoms with Crippen LogP contribution in [0, 0.1) is 23.2 Å². The molecule has 2 bridgehead atoms. The van der Waals surface area contributed by atoms with Gasteiger partial charge in [-0.1, -0.05) is 13.0 Å². The van der Waals surface area contributed by atoms with Gasteiger partial charge in [0.1, 0.15) is 5.78 Å². The fraction of sp³-hybridized carbons (Fsp3) is 0.812. The summed E-state index contributed by atoms with van der Waals surface area (Å²) in [5, 5.41) is 21.1. The lowest BCUT2D eigenvalue weighted by Gasteiger charge is -2.53. The standard InChI is InChI=1S/C16H23NO3/c1-9-4-10-6-13(19)12-7-11(18)8-17-3-2-15(20)16(10,12)14(17)5-9/h5,9-12,15,18,20H,2-4,6-8H2,1H3/t9-,10+,11+,12-,15+,16?/m1/s1. The van der Waals surface area contributed by atoms with Crippen molar-refractivity contribution >= 4 is 5.78 Å². The molecule has 0 radical (unpaired) electrons. The van der Waals surface area contributed by atoms with E-state index in [1.54, 1.807) is 0 Å². The predicted molar refractivity (Wildman–Crippen MR) is 73.7 cm³/mol. The Morgan fingerprint density at radius 2 is 2.15 bits per heavy atom. The van der Waals surface area contributed by atoms with Crippen LogP contribution in [0.25, 0.3) is 0 Å². The molecule has 0 aromatic carbocycles. The van der Waals surface area contributed by atoms with Crippen LogP contribution in [0.15, 0.2) is 11.8 Å². The Balaban J connectivity index is 1.94. The number of allylic oxidation sites excluding steroid dienone is 1. The molecule has 0 aromatic rings. The number of Topliss-reactive ketones (excluding diaryl/α,β-unsaturated/α-hetero) is 1. The Hall–Kier alpha value is -0.870. The predicted octanol–water partition coefficient (Wildman–Crippen LogP) is 0.933. The van der Waals surface area contributed by atoms with Crippen molar-refractivity contribution in [1.29, 1.82) is 0 Å². The molecule has 110 valence electrons. The van der Waals surface area contributed by atoms with E-state index in [9.17, 15) is 15.0 Å². The maximum Gasteiger partial charge on any atom is 0.137 e. The summed E-state index contributed by atoms with van der Waals surface area (Å²) in [6, 6.07) is 0. The third-order valence-electron chi connectivity index (χ3n) is 6.13. The molecule has 2 heterocycles. The summed E-state index contributed by atoms with van der Waals surface area (Å²) < 4.78 is 0. The molecule has 1 spiro atoms. The largest absolute Gasteiger partial charge is 0.392 e. The van der Waals surface area contributed by atoms with Gasteiger partial charge in [-0.3, -0.25) is 4.79 Å². The normalized spacial score (nSPS) is 50.5. The van der Waals surface area contributed by atoms with Gasteiger partial charge in [0.05, 0.1) is 12.2 Å². The number of aliphatic hydroxyl groups excluding tert-OH is 2. The van der Waals surface area contributed by atoms with Gasteiger partial charge in [0.25, 0.3) is 0 Å². The minimum Gasteiger partial charge on any atom is -0.392 e. The second-order valence-corrected chi connectivity index (χ2v) is 7.26. The van der Waals surface area contributed by atoms with E-state index in [-0.39, 0.29) is 23.0 Å². The Kier molecular flexibility index (Phi) is 2.62. The quantitative estimate of drug-likeness (QED) is 0.691. The number of carbonyl (C=O) groups is 1. The maximum atomic E-state index is 12.5. The van der Waals surface area contributed by atoms with Crippen LogP contribution in [0.1, 0.15) is 32.6 Å². The summed E-state index contributed by atoms with van der Waals surface area (Å²) in [6.07, 6.45) is 4.21. The summed E-state index contributed by atoms with van der Waals surface area (Å²) in [6.45, 7) is 3.61. The van der Waals surface area contributed by atoms with Crippen molar-refractivity contribution in [2.24, 2.45) is 23.2 Å². The first-order chi connectivity index (χ1) is 9.53. The number of hydrogen-bond donors (Lipinski definition) is 2. The van der Waals surface area contributed by atoms with Crippen molar-refractivity contribution in [2.75, 3.05) is 13.1 Å². The molecule has 2 N–H and O–H groups in total. The van der Waals surface area contributed by atoms with Crippen LogP contribution in [0.4, 0.5) is 0 Å². The van der Waals surface area contributed by atoms with Crippen molar-refractivity contribution in [3.8, 4) is 0 Å². The fourth-order valence-corrected chi connectivity index (χ4v) is 5.51. The van der Waals surface area contributed by atoms with Gasteiger partial charge in [-0.05, 0) is 31.1 Å². The second-order valence-electron chi connectivity index (χ2n) is 7.26. The number of nitrogens with zero attached hydrogens (tertiary/aromatic N) is 1. The van der Waals surface area contributed by atoms with Crippen molar-refractivity contribution in [1.82, 2.24) is 4.90 Å². The number of ketones is 1. The first-order valence-corrected chi connectivity index (χ1v) is 7.89. The zero-order valence-electron chi connectivity index (χ0n) is 12.0. The lowest BCUT2D eigenvalue weighted by molar-refractivity contribution is -0.125. The van der Waals surface area contributed by atoms with E-state index < -0.39 is 12.2 Å².